The highest BCUT2D eigenvalue weighted by molar-refractivity contribution is 6.30. The van der Waals surface area contributed by atoms with Gasteiger partial charge in [-0.25, -0.2) is 0 Å². The van der Waals surface area contributed by atoms with Crippen molar-refractivity contribution in [1.29, 1.82) is 0 Å². The van der Waals surface area contributed by atoms with Crippen LogP contribution >= 0.6 is 11.6 Å². The lowest BCUT2D eigenvalue weighted by Crippen LogP contribution is -2.70. The summed E-state index contributed by atoms with van der Waals surface area (Å²) < 4.78 is 0. The summed E-state index contributed by atoms with van der Waals surface area (Å²) in [6.07, 6.45) is 3.62. The predicted molar refractivity (Wildman–Crippen MR) is 109 cm³/mol. The van der Waals surface area contributed by atoms with Gasteiger partial charge in [0.25, 0.3) is 5.91 Å². The van der Waals surface area contributed by atoms with Crippen molar-refractivity contribution in [2.75, 3.05) is 11.9 Å². The predicted octanol–water partition coefficient (Wildman–Crippen LogP) is 2.63. The molecule has 150 valence electrons. The fraction of sp³-hybridized carbons (Fsp3) is 0.550. The minimum absolute atomic E-state index is 0.0338. The summed E-state index contributed by atoms with van der Waals surface area (Å²) in [5.74, 6) is 0.893. The van der Waals surface area contributed by atoms with Gasteiger partial charge in [0.2, 0.25) is 5.91 Å². The number of carbonyl (C=O) groups excluding carboxylic acids is 2. The normalized spacial score (nSPS) is 26.5. The van der Waals surface area contributed by atoms with E-state index in [1.807, 2.05) is 0 Å². The molecule has 0 spiro atoms. The van der Waals surface area contributed by atoms with Crippen LogP contribution in [0, 0.1) is 5.92 Å². The first-order valence-electron chi connectivity index (χ1n) is 9.93. The maximum absolute atomic E-state index is 13.2. The van der Waals surface area contributed by atoms with E-state index in [4.69, 9.17) is 11.6 Å². The number of nitrogens with one attached hydrogen (secondary N) is 2. The monoisotopic (exact) mass is 403 g/mol. The van der Waals surface area contributed by atoms with Crippen molar-refractivity contribution >= 4 is 34.9 Å². The van der Waals surface area contributed by atoms with Gasteiger partial charge in [-0.2, -0.15) is 5.10 Å². The number of benzene rings is 1. The molecule has 0 aromatic heterocycles. The summed E-state index contributed by atoms with van der Waals surface area (Å²) in [6.45, 7) is 4.22. The molecule has 28 heavy (non-hydrogen) atoms. The molecule has 1 aliphatic carbocycles. The third-order valence-corrected chi connectivity index (χ3v) is 5.99. The Morgan fingerprint density at radius 1 is 1.32 bits per heavy atom. The second-order valence-electron chi connectivity index (χ2n) is 8.01. The van der Waals surface area contributed by atoms with Crippen LogP contribution < -0.4 is 10.7 Å². The van der Waals surface area contributed by atoms with Crippen LogP contribution in [0.5, 0.6) is 0 Å². The number of rotatable bonds is 4. The van der Waals surface area contributed by atoms with Gasteiger partial charge < -0.3 is 15.1 Å². The molecule has 1 saturated heterocycles. The zero-order valence-corrected chi connectivity index (χ0v) is 16.9. The Morgan fingerprint density at radius 2 is 2.07 bits per heavy atom. The Labute approximate surface area is 170 Å². The van der Waals surface area contributed by atoms with E-state index in [1.165, 1.54) is 0 Å². The third-order valence-electron chi connectivity index (χ3n) is 5.75. The minimum atomic E-state index is -0.504. The summed E-state index contributed by atoms with van der Waals surface area (Å²) in [4.78, 5) is 29.8. The van der Waals surface area contributed by atoms with E-state index in [0.29, 0.717) is 10.7 Å². The number of halogens is 1. The molecule has 4 rings (SSSR count). The standard InChI is InChI=1S/C20H26ClN5O2/c1-12(2)18-23-24-19-20(28)25(15-8-3-4-9-16(15)26(18)19)11-17(27)22-14-7-5-6-13(21)10-14/h5-7,10,12,15-16,19,24H,3-4,8-9,11H2,1-2H3,(H,22,27). The second kappa shape index (κ2) is 7.62. The Balaban J connectivity index is 1.53. The highest BCUT2D eigenvalue weighted by Gasteiger charge is 2.51. The number of hydrogen-bond donors (Lipinski definition) is 2. The Hall–Kier alpha value is -2.28. The molecular formula is C20H26ClN5O2. The Morgan fingerprint density at radius 3 is 2.79 bits per heavy atom. The SMILES string of the molecule is CC(C)C1=NNC2C(=O)N(CC(=O)Nc3cccc(Cl)c3)C3CCCCC3N12. The molecule has 1 aromatic carbocycles. The van der Waals surface area contributed by atoms with Gasteiger partial charge in [-0.05, 0) is 31.0 Å². The van der Waals surface area contributed by atoms with Gasteiger partial charge in [-0.15, -0.1) is 0 Å². The molecule has 2 amide bonds. The molecule has 2 fully saturated rings. The number of fused-ring (bicyclic) bond motifs is 3. The quantitative estimate of drug-likeness (QED) is 0.810. The Bertz CT molecular complexity index is 812. The lowest BCUT2D eigenvalue weighted by atomic mass is 9.85. The molecule has 0 bridgehead atoms. The number of carbonyl (C=O) groups is 2. The largest absolute Gasteiger partial charge is 0.325 e. The number of nitrogens with zero attached hydrogens (tertiary/aromatic N) is 3. The van der Waals surface area contributed by atoms with E-state index < -0.39 is 6.17 Å². The average Bonchev–Trinajstić information content (AvgIpc) is 3.11. The topological polar surface area (TPSA) is 77.0 Å². The molecule has 2 N–H and O–H groups in total. The number of anilines is 1. The van der Waals surface area contributed by atoms with Crippen molar-refractivity contribution in [3.63, 3.8) is 0 Å². The lowest BCUT2D eigenvalue weighted by Gasteiger charge is -2.51. The number of hydrazone groups is 1. The maximum Gasteiger partial charge on any atom is 0.268 e. The van der Waals surface area contributed by atoms with Crippen LogP contribution in [0.2, 0.25) is 5.02 Å². The molecule has 1 saturated carbocycles. The highest BCUT2D eigenvalue weighted by atomic mass is 35.5. The first kappa shape index (κ1) is 19.1. The van der Waals surface area contributed by atoms with Crippen LogP contribution in [0.3, 0.4) is 0 Å². The lowest BCUT2D eigenvalue weighted by molar-refractivity contribution is -0.151. The van der Waals surface area contributed by atoms with Gasteiger partial charge in [-0.3, -0.25) is 15.0 Å². The maximum atomic E-state index is 13.2. The van der Waals surface area contributed by atoms with Gasteiger partial charge >= 0.3 is 0 Å². The molecule has 8 heteroatoms. The highest BCUT2D eigenvalue weighted by Crippen LogP contribution is 2.35. The summed E-state index contributed by atoms with van der Waals surface area (Å²) in [6, 6.07) is 7.26. The minimum Gasteiger partial charge on any atom is -0.325 e. The van der Waals surface area contributed by atoms with Gasteiger partial charge in [0.1, 0.15) is 12.4 Å². The van der Waals surface area contributed by atoms with Gasteiger partial charge in [0.05, 0.1) is 12.1 Å². The molecule has 7 nitrogen and oxygen atoms in total. The molecule has 0 radical (unpaired) electrons. The molecule has 3 atom stereocenters. The van der Waals surface area contributed by atoms with Crippen LogP contribution in [-0.4, -0.2) is 52.2 Å². The Kier molecular flexibility index (Phi) is 5.19. The average molecular weight is 404 g/mol. The first-order chi connectivity index (χ1) is 13.5. The van der Waals surface area contributed by atoms with E-state index in [-0.39, 0.29) is 36.4 Å². The molecule has 2 aliphatic heterocycles. The van der Waals surface area contributed by atoms with Gasteiger partial charge in [-0.1, -0.05) is 44.4 Å². The van der Waals surface area contributed by atoms with E-state index >= 15 is 0 Å². The smallest absolute Gasteiger partial charge is 0.268 e. The van der Waals surface area contributed by atoms with Crippen LogP contribution in [0.1, 0.15) is 39.5 Å². The first-order valence-corrected chi connectivity index (χ1v) is 10.3. The van der Waals surface area contributed by atoms with Crippen LogP contribution in [0.25, 0.3) is 0 Å². The van der Waals surface area contributed by atoms with Gasteiger partial charge in [0.15, 0.2) is 6.17 Å². The fourth-order valence-electron chi connectivity index (χ4n) is 4.56. The van der Waals surface area contributed by atoms with Gasteiger partial charge in [0, 0.05) is 16.6 Å². The molecule has 1 aromatic rings. The van der Waals surface area contributed by atoms with E-state index in [0.717, 1.165) is 31.5 Å². The number of amidine groups is 1. The van der Waals surface area contributed by atoms with Crippen molar-refractivity contribution in [2.45, 2.75) is 57.8 Å². The fourth-order valence-corrected chi connectivity index (χ4v) is 4.75. The van der Waals surface area contributed by atoms with Crippen LogP contribution in [0.4, 0.5) is 5.69 Å². The van der Waals surface area contributed by atoms with Crippen LogP contribution in [0.15, 0.2) is 29.4 Å². The van der Waals surface area contributed by atoms with Crippen LogP contribution in [-0.2, 0) is 9.59 Å². The zero-order chi connectivity index (χ0) is 19.8. The summed E-state index contributed by atoms with van der Waals surface area (Å²) in [7, 11) is 0. The second-order valence-corrected chi connectivity index (χ2v) is 8.44. The number of hydrogen-bond acceptors (Lipinski definition) is 5. The van der Waals surface area contributed by atoms with Crippen molar-refractivity contribution in [2.24, 2.45) is 11.0 Å². The summed E-state index contributed by atoms with van der Waals surface area (Å²) in [5.41, 5.74) is 3.64. The zero-order valence-electron chi connectivity index (χ0n) is 16.2. The molecular weight excluding hydrogens is 378 g/mol. The number of amides is 2. The van der Waals surface area contributed by atoms with Crippen molar-refractivity contribution in [3.05, 3.63) is 29.3 Å². The number of piperazine rings is 1. The van der Waals surface area contributed by atoms with E-state index in [2.05, 4.69) is 34.6 Å². The molecule has 3 aliphatic rings. The van der Waals surface area contributed by atoms with Crippen molar-refractivity contribution in [1.82, 2.24) is 15.2 Å². The van der Waals surface area contributed by atoms with Crippen molar-refractivity contribution in [3.8, 4) is 0 Å². The van der Waals surface area contributed by atoms with Crippen molar-refractivity contribution < 1.29 is 9.59 Å². The molecule has 3 unspecified atom stereocenters. The van der Waals surface area contributed by atoms with E-state index in [9.17, 15) is 9.59 Å². The summed E-state index contributed by atoms with van der Waals surface area (Å²) in [5, 5.41) is 7.85. The van der Waals surface area contributed by atoms with E-state index in [1.54, 1.807) is 29.2 Å². The third kappa shape index (κ3) is 3.43. The summed E-state index contributed by atoms with van der Waals surface area (Å²) >= 11 is 5.99. The molecule has 2 heterocycles.